The number of carbonyl (C=O) groups excluding carboxylic acids is 1. The lowest BCUT2D eigenvalue weighted by atomic mass is 10.2. The first-order valence-corrected chi connectivity index (χ1v) is 6.42. The van der Waals surface area contributed by atoms with E-state index in [1.165, 1.54) is 0 Å². The van der Waals surface area contributed by atoms with Crippen LogP contribution in [-0.4, -0.2) is 48.0 Å². The summed E-state index contributed by atoms with van der Waals surface area (Å²) in [5.41, 5.74) is 5.78. The van der Waals surface area contributed by atoms with Gasteiger partial charge in [-0.3, -0.25) is 4.79 Å². The first-order chi connectivity index (χ1) is 8.72. The molecular formula is C13H22Cl2N4O. The van der Waals surface area contributed by atoms with Crippen LogP contribution in [0.1, 0.15) is 13.3 Å². The molecule has 20 heavy (non-hydrogen) atoms. The van der Waals surface area contributed by atoms with E-state index < -0.39 is 0 Å². The van der Waals surface area contributed by atoms with Crippen molar-refractivity contribution < 1.29 is 4.79 Å². The molecule has 114 valence electrons. The fourth-order valence-electron chi connectivity index (χ4n) is 2.11. The Morgan fingerprint density at radius 2 is 1.95 bits per heavy atom. The molecule has 1 aromatic rings. The number of halogens is 2. The van der Waals surface area contributed by atoms with Gasteiger partial charge < -0.3 is 15.5 Å². The van der Waals surface area contributed by atoms with E-state index in [2.05, 4.69) is 9.88 Å². The predicted octanol–water partition coefficient (Wildman–Crippen LogP) is 1.31. The van der Waals surface area contributed by atoms with Crippen LogP contribution < -0.4 is 10.6 Å². The topological polar surface area (TPSA) is 62.5 Å². The Balaban J connectivity index is 0.00000180. The van der Waals surface area contributed by atoms with Crippen molar-refractivity contribution in [1.29, 1.82) is 0 Å². The number of piperazine rings is 1. The van der Waals surface area contributed by atoms with Gasteiger partial charge in [-0.05, 0) is 18.6 Å². The maximum Gasteiger partial charge on any atom is 0.239 e. The lowest BCUT2D eigenvalue weighted by molar-refractivity contribution is -0.132. The van der Waals surface area contributed by atoms with Crippen molar-refractivity contribution in [2.75, 3.05) is 31.1 Å². The minimum atomic E-state index is -0.355. The molecule has 0 radical (unpaired) electrons. The van der Waals surface area contributed by atoms with Gasteiger partial charge in [-0.25, -0.2) is 4.98 Å². The average Bonchev–Trinajstić information content (AvgIpc) is 2.47. The summed E-state index contributed by atoms with van der Waals surface area (Å²) >= 11 is 0. The summed E-state index contributed by atoms with van der Waals surface area (Å²) in [5, 5.41) is 0. The summed E-state index contributed by atoms with van der Waals surface area (Å²) in [6.45, 7) is 5.03. The van der Waals surface area contributed by atoms with Gasteiger partial charge in [-0.2, -0.15) is 0 Å². The Bertz CT molecular complexity index is 397. The third-order valence-electron chi connectivity index (χ3n) is 3.32. The third-order valence-corrected chi connectivity index (χ3v) is 3.32. The summed E-state index contributed by atoms with van der Waals surface area (Å²) in [6, 6.07) is 5.53. The van der Waals surface area contributed by atoms with Crippen molar-refractivity contribution in [1.82, 2.24) is 9.88 Å². The van der Waals surface area contributed by atoms with Crippen LogP contribution in [0, 0.1) is 0 Å². The maximum absolute atomic E-state index is 11.9. The molecule has 0 unspecified atom stereocenters. The van der Waals surface area contributed by atoms with Gasteiger partial charge in [0, 0.05) is 32.4 Å². The molecule has 1 aliphatic heterocycles. The number of rotatable bonds is 3. The maximum atomic E-state index is 11.9. The summed E-state index contributed by atoms with van der Waals surface area (Å²) in [5.74, 6) is 1.04. The molecule has 1 aromatic heterocycles. The normalized spacial score (nSPS) is 15.9. The van der Waals surface area contributed by atoms with Crippen LogP contribution >= 0.6 is 24.8 Å². The van der Waals surface area contributed by atoms with E-state index in [9.17, 15) is 4.79 Å². The van der Waals surface area contributed by atoms with E-state index in [1.54, 1.807) is 6.20 Å². The molecule has 1 amide bonds. The van der Waals surface area contributed by atoms with Gasteiger partial charge in [-0.15, -0.1) is 24.8 Å². The number of hydrogen-bond acceptors (Lipinski definition) is 4. The molecule has 7 heteroatoms. The van der Waals surface area contributed by atoms with Crippen molar-refractivity contribution in [2.24, 2.45) is 5.73 Å². The molecule has 1 fully saturated rings. The average molecular weight is 321 g/mol. The van der Waals surface area contributed by atoms with E-state index in [4.69, 9.17) is 5.73 Å². The summed E-state index contributed by atoms with van der Waals surface area (Å²) < 4.78 is 0. The Kier molecular flexibility index (Phi) is 8.53. The second-order valence-electron chi connectivity index (χ2n) is 4.52. The number of aromatic nitrogens is 1. The fraction of sp³-hybridized carbons (Fsp3) is 0.538. The molecule has 1 aliphatic rings. The lowest BCUT2D eigenvalue weighted by Gasteiger charge is -2.36. The molecule has 2 N–H and O–H groups in total. The van der Waals surface area contributed by atoms with Gasteiger partial charge in [0.05, 0.1) is 6.04 Å². The van der Waals surface area contributed by atoms with Crippen LogP contribution in [0.5, 0.6) is 0 Å². The fourth-order valence-corrected chi connectivity index (χ4v) is 2.11. The molecule has 0 bridgehead atoms. The Labute approximate surface area is 132 Å². The SMILES string of the molecule is CC[C@H](N)C(=O)N1CCN(c2ccccn2)CC1.Cl.Cl. The van der Waals surface area contributed by atoms with Gasteiger partial charge in [0.2, 0.25) is 5.91 Å². The molecule has 2 heterocycles. The van der Waals surface area contributed by atoms with E-state index >= 15 is 0 Å². The van der Waals surface area contributed by atoms with Crippen LogP contribution in [0.25, 0.3) is 0 Å². The Morgan fingerprint density at radius 3 is 2.45 bits per heavy atom. The molecule has 1 saturated heterocycles. The number of hydrogen-bond donors (Lipinski definition) is 1. The first kappa shape index (κ1) is 19.0. The van der Waals surface area contributed by atoms with E-state index in [0.717, 1.165) is 32.0 Å². The first-order valence-electron chi connectivity index (χ1n) is 6.42. The van der Waals surface area contributed by atoms with E-state index in [-0.39, 0.29) is 36.8 Å². The number of amides is 1. The van der Waals surface area contributed by atoms with Gasteiger partial charge >= 0.3 is 0 Å². The predicted molar refractivity (Wildman–Crippen MR) is 85.8 cm³/mol. The highest BCUT2D eigenvalue weighted by molar-refractivity contribution is 5.85. The summed E-state index contributed by atoms with van der Waals surface area (Å²) in [4.78, 5) is 20.3. The van der Waals surface area contributed by atoms with Crippen molar-refractivity contribution in [3.63, 3.8) is 0 Å². The third kappa shape index (κ3) is 4.51. The standard InChI is InChI=1S/C13H20N4O.2ClH/c1-2-11(14)13(18)17-9-7-16(8-10-17)12-5-3-4-6-15-12;;/h3-6,11H,2,7-10,14H2,1H3;2*1H/t11-;;/m0../s1. The smallest absolute Gasteiger partial charge is 0.239 e. The molecule has 1 atom stereocenters. The number of anilines is 1. The Hall–Kier alpha value is -1.04. The largest absolute Gasteiger partial charge is 0.353 e. The minimum Gasteiger partial charge on any atom is -0.353 e. The van der Waals surface area contributed by atoms with Gasteiger partial charge in [-0.1, -0.05) is 13.0 Å². The van der Waals surface area contributed by atoms with E-state index in [0.29, 0.717) is 6.42 Å². The quantitative estimate of drug-likeness (QED) is 0.912. The molecule has 0 saturated carbocycles. The van der Waals surface area contributed by atoms with Crippen molar-refractivity contribution in [3.8, 4) is 0 Å². The number of carbonyl (C=O) groups is 1. The highest BCUT2D eigenvalue weighted by Crippen LogP contribution is 2.13. The van der Waals surface area contributed by atoms with Crippen molar-refractivity contribution >= 4 is 36.5 Å². The monoisotopic (exact) mass is 320 g/mol. The van der Waals surface area contributed by atoms with Crippen molar-refractivity contribution in [3.05, 3.63) is 24.4 Å². The highest BCUT2D eigenvalue weighted by atomic mass is 35.5. The second kappa shape index (κ2) is 9.00. The van der Waals surface area contributed by atoms with Crippen LogP contribution in [0.15, 0.2) is 24.4 Å². The number of nitrogens with zero attached hydrogens (tertiary/aromatic N) is 3. The zero-order chi connectivity index (χ0) is 13.0. The van der Waals surface area contributed by atoms with Crippen molar-refractivity contribution in [2.45, 2.75) is 19.4 Å². The van der Waals surface area contributed by atoms with Crippen LogP contribution in [0.2, 0.25) is 0 Å². The zero-order valence-corrected chi connectivity index (χ0v) is 13.2. The Morgan fingerprint density at radius 1 is 1.30 bits per heavy atom. The van der Waals surface area contributed by atoms with E-state index in [1.807, 2.05) is 30.0 Å². The molecule has 0 aromatic carbocycles. The number of nitrogens with two attached hydrogens (primary N) is 1. The second-order valence-corrected chi connectivity index (χ2v) is 4.52. The molecule has 2 rings (SSSR count). The zero-order valence-electron chi connectivity index (χ0n) is 11.6. The van der Waals surface area contributed by atoms with Gasteiger partial charge in [0.15, 0.2) is 0 Å². The molecule has 0 aliphatic carbocycles. The summed E-state index contributed by atoms with van der Waals surface area (Å²) in [7, 11) is 0. The highest BCUT2D eigenvalue weighted by Gasteiger charge is 2.24. The number of pyridine rings is 1. The van der Waals surface area contributed by atoms with Crippen LogP contribution in [0.3, 0.4) is 0 Å². The van der Waals surface area contributed by atoms with Gasteiger partial charge in [0.1, 0.15) is 5.82 Å². The molecular weight excluding hydrogens is 299 g/mol. The van der Waals surface area contributed by atoms with Crippen LogP contribution in [0.4, 0.5) is 5.82 Å². The van der Waals surface area contributed by atoms with Gasteiger partial charge in [0.25, 0.3) is 0 Å². The summed E-state index contributed by atoms with van der Waals surface area (Å²) in [6.07, 6.45) is 2.49. The molecule has 0 spiro atoms. The minimum absolute atomic E-state index is 0. The molecule has 5 nitrogen and oxygen atoms in total. The van der Waals surface area contributed by atoms with Crippen LogP contribution in [-0.2, 0) is 4.79 Å². The lowest BCUT2D eigenvalue weighted by Crippen LogP contribution is -2.53.